The third kappa shape index (κ3) is 9.72. The number of hydrogen-bond donors (Lipinski definition) is 1. The molecule has 1 unspecified atom stereocenters. The first-order valence-electron chi connectivity index (χ1n) is 14.3. The van der Waals surface area contributed by atoms with Gasteiger partial charge in [-0.15, -0.1) is 0 Å². The van der Waals surface area contributed by atoms with Crippen LogP contribution in [-0.4, -0.2) is 50.0 Å². The van der Waals surface area contributed by atoms with Crippen LogP contribution in [0.4, 0.5) is 5.69 Å². The first-order valence-corrected chi connectivity index (χ1v) is 16.9. The van der Waals surface area contributed by atoms with Crippen LogP contribution in [0, 0.1) is 0 Å². The summed E-state index contributed by atoms with van der Waals surface area (Å²) < 4.78 is 33.0. The van der Waals surface area contributed by atoms with Crippen LogP contribution in [-0.2, 0) is 32.6 Å². The van der Waals surface area contributed by atoms with Crippen molar-refractivity contribution in [3.63, 3.8) is 0 Å². The average Bonchev–Trinajstić information content (AvgIpc) is 3.00. The van der Waals surface area contributed by atoms with E-state index in [-0.39, 0.29) is 30.6 Å². The molecule has 1 atom stereocenters. The smallest absolute Gasteiger partial charge is 0.244 e. The topological polar surface area (TPSA) is 96.0 Å². The second-order valence-electron chi connectivity index (χ2n) is 10.8. The SMILES string of the molecule is CC(C)NC(=O)C(Cc1ccccc1)N(Cc1ccc(Cl)c(Cl)c1)C(=O)CN(c1ccc(Oc2ccccc2)cc1)S(C)(=O)=O. The largest absolute Gasteiger partial charge is 0.457 e. The van der Waals surface area contributed by atoms with Crippen LogP contribution < -0.4 is 14.4 Å². The molecule has 11 heteroatoms. The Balaban J connectivity index is 1.69. The molecule has 236 valence electrons. The molecule has 4 aromatic carbocycles. The van der Waals surface area contributed by atoms with Crippen molar-refractivity contribution in [2.24, 2.45) is 0 Å². The van der Waals surface area contributed by atoms with E-state index >= 15 is 0 Å². The zero-order valence-electron chi connectivity index (χ0n) is 25.2. The fourth-order valence-corrected chi connectivity index (χ4v) is 5.86. The number of carbonyl (C=O) groups is 2. The van der Waals surface area contributed by atoms with Gasteiger partial charge in [-0.05, 0) is 73.5 Å². The molecule has 0 aliphatic rings. The van der Waals surface area contributed by atoms with E-state index < -0.39 is 28.5 Å². The molecule has 0 aliphatic carbocycles. The highest BCUT2D eigenvalue weighted by Crippen LogP contribution is 2.27. The van der Waals surface area contributed by atoms with E-state index in [2.05, 4.69) is 5.32 Å². The summed E-state index contributed by atoms with van der Waals surface area (Å²) in [5.41, 5.74) is 1.73. The maximum Gasteiger partial charge on any atom is 0.244 e. The van der Waals surface area contributed by atoms with E-state index in [0.29, 0.717) is 27.1 Å². The number of nitrogens with one attached hydrogen (secondary N) is 1. The molecule has 2 amide bonds. The lowest BCUT2D eigenvalue weighted by Gasteiger charge is -2.34. The number of halogens is 2. The van der Waals surface area contributed by atoms with Crippen LogP contribution in [0.15, 0.2) is 103 Å². The minimum atomic E-state index is -3.92. The second kappa shape index (κ2) is 15.3. The molecule has 0 aromatic heterocycles. The van der Waals surface area contributed by atoms with Crippen molar-refractivity contribution < 1.29 is 22.7 Å². The van der Waals surface area contributed by atoms with Crippen molar-refractivity contribution in [1.29, 1.82) is 0 Å². The van der Waals surface area contributed by atoms with Gasteiger partial charge < -0.3 is 15.0 Å². The van der Waals surface area contributed by atoms with Gasteiger partial charge in [0, 0.05) is 19.0 Å². The van der Waals surface area contributed by atoms with E-state index in [1.165, 1.54) is 4.90 Å². The molecule has 0 radical (unpaired) electrons. The number of amides is 2. The second-order valence-corrected chi connectivity index (χ2v) is 13.5. The quantitative estimate of drug-likeness (QED) is 0.171. The number of carbonyl (C=O) groups excluding carboxylic acids is 2. The van der Waals surface area contributed by atoms with Crippen molar-refractivity contribution in [3.05, 3.63) is 124 Å². The molecular weight excluding hydrogens is 633 g/mol. The van der Waals surface area contributed by atoms with Gasteiger partial charge >= 0.3 is 0 Å². The average molecular weight is 669 g/mol. The number of para-hydroxylation sites is 1. The molecule has 0 fully saturated rings. The predicted molar refractivity (Wildman–Crippen MR) is 179 cm³/mol. The molecule has 0 spiro atoms. The van der Waals surface area contributed by atoms with Gasteiger partial charge in [0.25, 0.3) is 0 Å². The van der Waals surface area contributed by atoms with Crippen molar-refractivity contribution in [2.45, 2.75) is 38.9 Å². The monoisotopic (exact) mass is 667 g/mol. The lowest BCUT2D eigenvalue weighted by atomic mass is 10.0. The summed E-state index contributed by atoms with van der Waals surface area (Å²) in [4.78, 5) is 29.3. The van der Waals surface area contributed by atoms with Gasteiger partial charge in [0.2, 0.25) is 21.8 Å². The van der Waals surface area contributed by atoms with Gasteiger partial charge in [-0.2, -0.15) is 0 Å². The number of ether oxygens (including phenoxy) is 1. The molecule has 8 nitrogen and oxygen atoms in total. The molecule has 0 saturated heterocycles. The van der Waals surface area contributed by atoms with Crippen molar-refractivity contribution in [3.8, 4) is 11.5 Å². The van der Waals surface area contributed by atoms with Crippen LogP contribution in [0.1, 0.15) is 25.0 Å². The maximum atomic E-state index is 14.2. The molecule has 4 rings (SSSR count). The van der Waals surface area contributed by atoms with E-state index in [9.17, 15) is 18.0 Å². The summed E-state index contributed by atoms with van der Waals surface area (Å²) in [5, 5.41) is 3.56. The molecule has 0 saturated carbocycles. The fourth-order valence-electron chi connectivity index (χ4n) is 4.69. The molecule has 0 aliphatic heterocycles. The minimum absolute atomic E-state index is 0.0137. The molecular formula is C34H35Cl2N3O5S. The van der Waals surface area contributed by atoms with Gasteiger partial charge in [0.15, 0.2) is 0 Å². The lowest BCUT2D eigenvalue weighted by Crippen LogP contribution is -2.54. The minimum Gasteiger partial charge on any atom is -0.457 e. The number of nitrogens with zero attached hydrogens (tertiary/aromatic N) is 2. The molecule has 45 heavy (non-hydrogen) atoms. The number of benzene rings is 4. The van der Waals surface area contributed by atoms with Gasteiger partial charge in [-0.3, -0.25) is 13.9 Å². The fraction of sp³-hybridized carbons (Fsp3) is 0.235. The van der Waals surface area contributed by atoms with Crippen molar-refractivity contribution >= 4 is 50.7 Å². The summed E-state index contributed by atoms with van der Waals surface area (Å²) in [6.45, 7) is 3.11. The van der Waals surface area contributed by atoms with Crippen LogP contribution >= 0.6 is 23.2 Å². The van der Waals surface area contributed by atoms with Crippen LogP contribution in [0.2, 0.25) is 10.0 Å². The van der Waals surface area contributed by atoms with Crippen LogP contribution in [0.25, 0.3) is 0 Å². The molecule has 1 N–H and O–H groups in total. The highest BCUT2D eigenvalue weighted by Gasteiger charge is 2.33. The first-order chi connectivity index (χ1) is 21.4. The van der Waals surface area contributed by atoms with Gasteiger partial charge in [0.1, 0.15) is 24.1 Å². The Labute approximate surface area is 274 Å². The van der Waals surface area contributed by atoms with Crippen LogP contribution in [0.5, 0.6) is 11.5 Å². The van der Waals surface area contributed by atoms with Gasteiger partial charge in [0.05, 0.1) is 22.0 Å². The summed E-state index contributed by atoms with van der Waals surface area (Å²) in [5.74, 6) is 0.188. The van der Waals surface area contributed by atoms with E-state index in [0.717, 1.165) is 16.1 Å². The third-order valence-corrected chi connectivity index (χ3v) is 8.70. The number of sulfonamides is 1. The third-order valence-electron chi connectivity index (χ3n) is 6.82. The highest BCUT2D eigenvalue weighted by atomic mass is 35.5. The summed E-state index contributed by atoms with van der Waals surface area (Å²) in [6, 6.07) is 28.7. The van der Waals surface area contributed by atoms with E-state index in [1.807, 2.05) is 62.4 Å². The first kappa shape index (κ1) is 33.8. The van der Waals surface area contributed by atoms with Gasteiger partial charge in [-0.25, -0.2) is 8.42 Å². The van der Waals surface area contributed by atoms with Crippen molar-refractivity contribution in [1.82, 2.24) is 10.2 Å². The maximum absolute atomic E-state index is 14.2. The Bertz CT molecular complexity index is 1700. The van der Waals surface area contributed by atoms with E-state index in [1.54, 1.807) is 54.6 Å². The Kier molecular flexibility index (Phi) is 11.5. The Morgan fingerprint density at radius 1 is 0.800 bits per heavy atom. The standard InChI is InChI=1S/C34H35Cl2N3O5S/c1-24(2)37-34(41)32(21-25-10-6-4-7-11-25)38(22-26-14-19-30(35)31(36)20-26)33(40)23-39(45(3,42)43)27-15-17-29(18-16-27)44-28-12-8-5-9-13-28/h4-20,24,32H,21-23H2,1-3H3,(H,37,41). The normalized spacial score (nSPS) is 12.0. The molecule has 0 heterocycles. The summed E-state index contributed by atoms with van der Waals surface area (Å²) in [7, 11) is -3.92. The summed E-state index contributed by atoms with van der Waals surface area (Å²) >= 11 is 12.4. The predicted octanol–water partition coefficient (Wildman–Crippen LogP) is 6.72. The zero-order valence-corrected chi connectivity index (χ0v) is 27.5. The number of rotatable bonds is 13. The van der Waals surface area contributed by atoms with Crippen LogP contribution in [0.3, 0.4) is 0 Å². The van der Waals surface area contributed by atoms with Gasteiger partial charge in [-0.1, -0.05) is 77.8 Å². The molecule has 4 aromatic rings. The lowest BCUT2D eigenvalue weighted by molar-refractivity contribution is -0.140. The molecule has 0 bridgehead atoms. The summed E-state index contributed by atoms with van der Waals surface area (Å²) in [6.07, 6.45) is 1.24. The Morgan fingerprint density at radius 2 is 1.40 bits per heavy atom. The Morgan fingerprint density at radius 3 is 1.98 bits per heavy atom. The number of anilines is 1. The van der Waals surface area contributed by atoms with Crippen molar-refractivity contribution in [2.75, 3.05) is 17.1 Å². The number of hydrogen-bond acceptors (Lipinski definition) is 5. The highest BCUT2D eigenvalue weighted by molar-refractivity contribution is 7.92. The zero-order chi connectivity index (χ0) is 32.6. The van der Waals surface area contributed by atoms with E-state index in [4.69, 9.17) is 27.9 Å². The Hall–Kier alpha value is -4.05.